The quantitative estimate of drug-likeness (QED) is 0.206. The van der Waals surface area contributed by atoms with Crippen LogP contribution < -0.4 is 24.8 Å². The second-order valence-electron chi connectivity index (χ2n) is 14.4. The standard InChI is InChI=1S/C21H25.C17H18.C5H5.2ClH.Zr/c1-20(2,3)16-7-9-18-14(12-16)11-15-13-17(21(4,5)6)8-10-19(15)18;1-12-5-13(2)8-16(7-12)11-17-9-14(3)6-15(4)10-17;1-2-4-5-3-1;;;/h7-13H,1-6H3;5-10H,1-4H3;1-3H,4H2;2*1H;/q-1;;-1;;;+2/p-2. The number of allylic oxidation sites excluding steroid dienone is 4. The number of fused-ring (bicyclic) bond motifs is 3. The maximum absolute atomic E-state index is 2.99. The third-order valence-electron chi connectivity index (χ3n) is 8.04. The molecule has 1 aliphatic rings. The van der Waals surface area contributed by atoms with E-state index in [9.17, 15) is 0 Å². The third-order valence-corrected chi connectivity index (χ3v) is 9.46. The van der Waals surface area contributed by atoms with E-state index < -0.39 is 0 Å². The van der Waals surface area contributed by atoms with Crippen LogP contribution in [0.5, 0.6) is 0 Å². The largest absolute Gasteiger partial charge is 1.00 e. The Balaban J connectivity index is 0.000000270. The zero-order valence-electron chi connectivity index (χ0n) is 29.2. The molecular formula is C43H48Cl2Zr-2. The molecular weight excluding hydrogens is 679 g/mol. The van der Waals surface area contributed by atoms with Crippen molar-refractivity contribution >= 4 is 24.8 Å². The average Bonchev–Trinajstić information content (AvgIpc) is 3.62. The van der Waals surface area contributed by atoms with Crippen molar-refractivity contribution in [3.63, 3.8) is 0 Å². The van der Waals surface area contributed by atoms with Gasteiger partial charge in [-0.3, -0.25) is 6.08 Å². The van der Waals surface area contributed by atoms with Gasteiger partial charge in [0.05, 0.1) is 0 Å². The van der Waals surface area contributed by atoms with Crippen molar-refractivity contribution in [1.29, 1.82) is 0 Å². The first-order valence-corrected chi connectivity index (χ1v) is 17.0. The van der Waals surface area contributed by atoms with Crippen LogP contribution in [0.25, 0.3) is 21.5 Å². The fraction of sp³-hybridized carbons (Fsp3) is 0.302. The van der Waals surface area contributed by atoms with Gasteiger partial charge in [0.15, 0.2) is 0 Å². The Labute approximate surface area is 305 Å². The number of hydrogen-bond acceptors (Lipinski definition) is 0. The van der Waals surface area contributed by atoms with Gasteiger partial charge >= 0.3 is 125 Å². The summed E-state index contributed by atoms with van der Waals surface area (Å²) in [6.07, 6.45) is 10.0. The summed E-state index contributed by atoms with van der Waals surface area (Å²) in [5.41, 5.74) is 11.3. The van der Waals surface area contributed by atoms with E-state index in [2.05, 4.69) is 160 Å². The average molecular weight is 727 g/mol. The minimum absolute atomic E-state index is 0. The van der Waals surface area contributed by atoms with Crippen molar-refractivity contribution in [3.05, 3.63) is 148 Å². The summed E-state index contributed by atoms with van der Waals surface area (Å²) < 4.78 is 1.45. The minimum Gasteiger partial charge on any atom is -1.00 e. The Morgan fingerprint density at radius 1 is 0.609 bits per heavy atom. The Hall–Kier alpha value is -2.44. The maximum atomic E-state index is 2.99. The molecule has 0 radical (unpaired) electrons. The van der Waals surface area contributed by atoms with Gasteiger partial charge in [-0.15, -0.1) is 46.2 Å². The summed E-state index contributed by atoms with van der Waals surface area (Å²) in [6, 6.07) is 29.8. The van der Waals surface area contributed by atoms with Crippen LogP contribution in [0.2, 0.25) is 0 Å². The summed E-state index contributed by atoms with van der Waals surface area (Å²) in [6.45, 7) is 22.3. The van der Waals surface area contributed by atoms with E-state index in [-0.39, 0.29) is 35.6 Å². The van der Waals surface area contributed by atoms with Crippen molar-refractivity contribution in [2.75, 3.05) is 0 Å². The van der Waals surface area contributed by atoms with Crippen molar-refractivity contribution in [2.24, 2.45) is 0 Å². The molecule has 0 saturated heterocycles. The third kappa shape index (κ3) is 10.5. The molecule has 5 aromatic carbocycles. The van der Waals surface area contributed by atoms with Crippen LogP contribution in [0.4, 0.5) is 0 Å². The van der Waals surface area contributed by atoms with Crippen molar-refractivity contribution < 1.29 is 49.0 Å². The molecule has 3 heteroatoms. The van der Waals surface area contributed by atoms with Gasteiger partial charge in [0.25, 0.3) is 0 Å². The van der Waals surface area contributed by atoms with Gasteiger partial charge in [-0.1, -0.05) is 76.9 Å². The number of halogens is 2. The van der Waals surface area contributed by atoms with Crippen LogP contribution in [0.1, 0.15) is 92.5 Å². The smallest absolute Gasteiger partial charge is 0.109 e. The maximum Gasteiger partial charge on any atom is -0.109 e. The molecule has 0 atom stereocenters. The van der Waals surface area contributed by atoms with Gasteiger partial charge in [-0.05, 0) is 10.8 Å². The Kier molecular flexibility index (Phi) is 14.3. The topological polar surface area (TPSA) is 0 Å². The molecule has 0 aromatic heterocycles. The molecule has 240 valence electrons. The van der Waals surface area contributed by atoms with Gasteiger partial charge in [-0.2, -0.15) is 6.08 Å². The van der Waals surface area contributed by atoms with E-state index in [1.165, 1.54) is 93.5 Å². The van der Waals surface area contributed by atoms with Crippen LogP contribution in [0.3, 0.4) is 0 Å². The fourth-order valence-electron chi connectivity index (χ4n) is 5.70. The predicted octanol–water partition coefficient (Wildman–Crippen LogP) is 5.66. The molecule has 0 nitrogen and oxygen atoms in total. The second kappa shape index (κ2) is 16.6. The number of aryl methyl sites for hydroxylation is 4. The van der Waals surface area contributed by atoms with Crippen LogP contribution in [-0.4, -0.2) is 3.21 Å². The monoisotopic (exact) mass is 724 g/mol. The van der Waals surface area contributed by atoms with Crippen molar-refractivity contribution in [1.82, 2.24) is 0 Å². The molecule has 0 aliphatic heterocycles. The number of benzene rings is 4. The summed E-state index contributed by atoms with van der Waals surface area (Å²) in [7, 11) is 0. The molecule has 0 N–H and O–H groups in total. The van der Waals surface area contributed by atoms with Crippen molar-refractivity contribution in [3.8, 4) is 0 Å². The Morgan fingerprint density at radius 2 is 1.00 bits per heavy atom. The predicted molar refractivity (Wildman–Crippen MR) is 191 cm³/mol. The summed E-state index contributed by atoms with van der Waals surface area (Å²) in [5, 5.41) is 5.48. The van der Waals surface area contributed by atoms with Gasteiger partial charge in [0, 0.05) is 0 Å². The van der Waals surface area contributed by atoms with E-state index in [0.29, 0.717) is 0 Å². The molecule has 0 heterocycles. The molecule has 6 rings (SSSR count). The molecule has 0 saturated carbocycles. The van der Waals surface area contributed by atoms with Crippen LogP contribution in [-0.2, 0) is 35.1 Å². The van der Waals surface area contributed by atoms with E-state index in [1.807, 2.05) is 12.2 Å². The van der Waals surface area contributed by atoms with Crippen LogP contribution in [0, 0.1) is 33.8 Å². The summed E-state index contributed by atoms with van der Waals surface area (Å²) in [4.78, 5) is 0. The summed E-state index contributed by atoms with van der Waals surface area (Å²) >= 11 is 1.47. The molecule has 0 amide bonds. The first kappa shape index (κ1) is 39.7. The minimum atomic E-state index is 0. The molecule has 0 spiro atoms. The Bertz CT molecular complexity index is 1680. The fourth-order valence-corrected chi connectivity index (χ4v) is 6.41. The number of hydrogen-bond donors (Lipinski definition) is 0. The first-order chi connectivity index (χ1) is 20.6. The Morgan fingerprint density at radius 3 is 1.28 bits per heavy atom. The second-order valence-corrected chi connectivity index (χ2v) is 15.6. The zero-order valence-corrected chi connectivity index (χ0v) is 33.2. The van der Waals surface area contributed by atoms with Crippen molar-refractivity contribution in [2.45, 2.75) is 86.5 Å². The summed E-state index contributed by atoms with van der Waals surface area (Å²) in [5.74, 6) is 0. The SMILES string of the molecule is CC(C)(C)c1ccc2c(c1)[cH-]c1cc(C(C)(C)C)ccc12.Cc1cc(C)cc([C](=[Zr+2])c2cc(C)cc(C)c2)c1.[C-]1=CC=CC1.[Cl-].[Cl-]. The molecule has 5 aromatic rings. The normalized spacial score (nSPS) is 12.1. The molecule has 0 fully saturated rings. The van der Waals surface area contributed by atoms with Gasteiger partial charge in [0.2, 0.25) is 0 Å². The first-order valence-electron chi connectivity index (χ1n) is 15.7. The van der Waals surface area contributed by atoms with E-state index in [0.717, 1.165) is 6.42 Å². The van der Waals surface area contributed by atoms with Crippen LogP contribution in [0.15, 0.2) is 97.1 Å². The van der Waals surface area contributed by atoms with E-state index in [1.54, 1.807) is 0 Å². The molecule has 0 bridgehead atoms. The molecule has 0 unspecified atom stereocenters. The zero-order chi connectivity index (χ0) is 32.2. The number of rotatable bonds is 2. The van der Waals surface area contributed by atoms with E-state index >= 15 is 0 Å². The molecule has 1 aliphatic carbocycles. The van der Waals surface area contributed by atoms with Gasteiger partial charge in [0.1, 0.15) is 0 Å². The van der Waals surface area contributed by atoms with Crippen LogP contribution >= 0.6 is 0 Å². The van der Waals surface area contributed by atoms with Gasteiger partial charge < -0.3 is 24.8 Å². The molecule has 46 heavy (non-hydrogen) atoms. The van der Waals surface area contributed by atoms with E-state index in [4.69, 9.17) is 0 Å². The van der Waals surface area contributed by atoms with Gasteiger partial charge in [-0.25, -0.2) is 12.2 Å².